The van der Waals surface area contributed by atoms with Crippen molar-refractivity contribution in [1.29, 1.82) is 0 Å². The van der Waals surface area contributed by atoms with E-state index in [2.05, 4.69) is 25.7 Å². The first-order valence-corrected chi connectivity index (χ1v) is 11.4. The monoisotopic (exact) mass is 449 g/mol. The van der Waals surface area contributed by atoms with Gasteiger partial charge in [0.2, 0.25) is 0 Å². The molecule has 2 fully saturated rings. The molecule has 1 aliphatic heterocycles. The Balaban J connectivity index is 1.61. The molecule has 2 N–H and O–H groups in total. The van der Waals surface area contributed by atoms with Crippen molar-refractivity contribution in [2.24, 2.45) is 10.8 Å². The standard InChI is InChI=1S/C25H31N5O3/c1-24(2)10-18-11-25(3,14-24)15-28(18)13-20-23(27-22-8-6-17(26)12-29(20)22)16-5-7-21(33-4)19(9-16)30(31)32/h5-9,12,18H,10-11,13-15,26H2,1-4H3. The predicted octanol–water partition coefficient (Wildman–Crippen LogP) is 4.90. The van der Waals surface area contributed by atoms with Gasteiger partial charge in [-0.05, 0) is 54.4 Å². The van der Waals surface area contributed by atoms with Crippen LogP contribution in [0.5, 0.6) is 5.75 Å². The number of nitro groups is 1. The van der Waals surface area contributed by atoms with E-state index in [1.807, 2.05) is 28.8 Å². The first-order chi connectivity index (χ1) is 15.6. The highest BCUT2D eigenvalue weighted by atomic mass is 16.6. The number of nitrogens with two attached hydrogens (primary N) is 1. The zero-order valence-corrected chi connectivity index (χ0v) is 19.7. The molecule has 2 aromatic heterocycles. The zero-order chi connectivity index (χ0) is 23.5. The summed E-state index contributed by atoms with van der Waals surface area (Å²) in [6.07, 6.45) is 5.50. The number of anilines is 1. The van der Waals surface area contributed by atoms with Crippen LogP contribution in [0.4, 0.5) is 11.4 Å². The van der Waals surface area contributed by atoms with Crippen LogP contribution in [0.15, 0.2) is 36.5 Å². The normalized spacial score (nSPS) is 24.3. The minimum absolute atomic E-state index is 0.0659. The minimum Gasteiger partial charge on any atom is -0.490 e. The van der Waals surface area contributed by atoms with Crippen LogP contribution in [-0.4, -0.2) is 38.9 Å². The van der Waals surface area contributed by atoms with Crippen molar-refractivity contribution >= 4 is 17.0 Å². The van der Waals surface area contributed by atoms with E-state index in [1.54, 1.807) is 12.1 Å². The summed E-state index contributed by atoms with van der Waals surface area (Å²) >= 11 is 0. The number of pyridine rings is 1. The second kappa shape index (κ2) is 7.45. The lowest BCUT2D eigenvalue weighted by Crippen LogP contribution is -2.34. The molecule has 2 aliphatic rings. The third-order valence-corrected chi connectivity index (χ3v) is 7.27. The molecule has 1 aliphatic carbocycles. The van der Waals surface area contributed by atoms with Crippen LogP contribution in [0, 0.1) is 20.9 Å². The SMILES string of the molecule is COc1ccc(-c2nc3ccc(N)cn3c2CN2CC3(C)CC2CC(C)(C)C3)cc1[N+](=O)[O-]. The van der Waals surface area contributed by atoms with Gasteiger partial charge < -0.3 is 14.9 Å². The van der Waals surface area contributed by atoms with E-state index in [0.717, 1.165) is 30.1 Å². The molecule has 174 valence electrons. The van der Waals surface area contributed by atoms with Gasteiger partial charge >= 0.3 is 5.69 Å². The number of aromatic nitrogens is 2. The van der Waals surface area contributed by atoms with E-state index in [4.69, 9.17) is 15.5 Å². The molecular weight excluding hydrogens is 418 g/mol. The fourth-order valence-corrected chi connectivity index (χ4v) is 6.43. The van der Waals surface area contributed by atoms with Gasteiger partial charge in [-0.1, -0.05) is 20.8 Å². The first kappa shape index (κ1) is 21.7. The molecule has 2 bridgehead atoms. The molecule has 5 rings (SSSR count). The van der Waals surface area contributed by atoms with Crippen molar-refractivity contribution in [3.8, 4) is 17.0 Å². The van der Waals surface area contributed by atoms with Gasteiger partial charge in [0.15, 0.2) is 5.75 Å². The molecule has 3 heterocycles. The van der Waals surface area contributed by atoms with Crippen LogP contribution in [-0.2, 0) is 6.54 Å². The van der Waals surface area contributed by atoms with Gasteiger partial charge in [0.1, 0.15) is 5.65 Å². The maximum Gasteiger partial charge on any atom is 0.311 e. The summed E-state index contributed by atoms with van der Waals surface area (Å²) in [6.45, 7) is 8.91. The fourth-order valence-electron chi connectivity index (χ4n) is 6.43. The average Bonchev–Trinajstić information content (AvgIpc) is 3.20. The number of benzene rings is 1. The van der Waals surface area contributed by atoms with Gasteiger partial charge in [0, 0.05) is 42.6 Å². The largest absolute Gasteiger partial charge is 0.490 e. The maximum atomic E-state index is 11.6. The molecule has 1 saturated heterocycles. The Labute approximate surface area is 193 Å². The highest BCUT2D eigenvalue weighted by molar-refractivity contribution is 5.71. The minimum atomic E-state index is -0.414. The fraction of sp³-hybridized carbons (Fsp3) is 0.480. The van der Waals surface area contributed by atoms with Crippen LogP contribution in [0.3, 0.4) is 0 Å². The Morgan fingerprint density at radius 1 is 1.24 bits per heavy atom. The summed E-state index contributed by atoms with van der Waals surface area (Å²) in [7, 11) is 1.44. The van der Waals surface area contributed by atoms with Crippen LogP contribution in [0.1, 0.15) is 45.7 Å². The molecule has 1 saturated carbocycles. The number of methoxy groups -OCH3 is 1. The number of likely N-dealkylation sites (tertiary alicyclic amines) is 1. The van der Waals surface area contributed by atoms with Crippen LogP contribution < -0.4 is 10.5 Å². The van der Waals surface area contributed by atoms with Gasteiger partial charge in [-0.3, -0.25) is 15.0 Å². The molecule has 8 nitrogen and oxygen atoms in total. The van der Waals surface area contributed by atoms with E-state index in [1.165, 1.54) is 26.4 Å². The second-order valence-corrected chi connectivity index (χ2v) is 10.9. The van der Waals surface area contributed by atoms with Crippen LogP contribution in [0.25, 0.3) is 16.9 Å². The molecule has 2 atom stereocenters. The smallest absolute Gasteiger partial charge is 0.311 e. The summed E-state index contributed by atoms with van der Waals surface area (Å²) in [6, 6.07) is 9.28. The van der Waals surface area contributed by atoms with Gasteiger partial charge in [0.25, 0.3) is 0 Å². The summed E-state index contributed by atoms with van der Waals surface area (Å²) in [5.41, 5.74) is 10.6. The topological polar surface area (TPSA) is 98.9 Å². The third kappa shape index (κ3) is 3.82. The average molecular weight is 450 g/mol. The molecule has 8 heteroatoms. The number of nitro benzene ring substituents is 1. The molecule has 33 heavy (non-hydrogen) atoms. The molecule has 0 radical (unpaired) electrons. The summed E-state index contributed by atoms with van der Waals surface area (Å²) in [4.78, 5) is 18.7. The van der Waals surface area contributed by atoms with Crippen molar-refractivity contribution in [3.63, 3.8) is 0 Å². The Kier molecular flexibility index (Phi) is 4.90. The van der Waals surface area contributed by atoms with Gasteiger partial charge in [-0.15, -0.1) is 0 Å². The lowest BCUT2D eigenvalue weighted by molar-refractivity contribution is -0.385. The number of hydrogen-bond acceptors (Lipinski definition) is 6. The van der Waals surface area contributed by atoms with E-state index in [0.29, 0.717) is 28.1 Å². The van der Waals surface area contributed by atoms with Crippen molar-refractivity contribution in [2.45, 2.75) is 52.6 Å². The number of ether oxygens (including phenoxy) is 1. The van der Waals surface area contributed by atoms with Gasteiger partial charge in [-0.2, -0.15) is 0 Å². The Hall–Kier alpha value is -3.13. The number of nitrogens with zero attached hydrogens (tertiary/aromatic N) is 4. The Bertz CT molecular complexity index is 1250. The van der Waals surface area contributed by atoms with Crippen molar-refractivity contribution in [1.82, 2.24) is 14.3 Å². The van der Waals surface area contributed by atoms with E-state index >= 15 is 0 Å². The van der Waals surface area contributed by atoms with Gasteiger partial charge in [-0.25, -0.2) is 4.98 Å². The Morgan fingerprint density at radius 3 is 2.76 bits per heavy atom. The summed E-state index contributed by atoms with van der Waals surface area (Å²) in [5.74, 6) is 0.238. The summed E-state index contributed by atoms with van der Waals surface area (Å²) < 4.78 is 7.23. The quantitative estimate of drug-likeness (QED) is 0.439. The van der Waals surface area contributed by atoms with Gasteiger partial charge in [0.05, 0.1) is 23.4 Å². The van der Waals surface area contributed by atoms with E-state index in [9.17, 15) is 10.1 Å². The van der Waals surface area contributed by atoms with E-state index < -0.39 is 4.92 Å². The first-order valence-electron chi connectivity index (χ1n) is 11.4. The molecule has 0 amide bonds. The van der Waals surface area contributed by atoms with Crippen molar-refractivity contribution < 1.29 is 9.66 Å². The number of nitrogen functional groups attached to an aromatic ring is 1. The number of rotatable bonds is 5. The number of imidazole rings is 1. The number of fused-ring (bicyclic) bond motifs is 3. The molecule has 0 spiro atoms. The van der Waals surface area contributed by atoms with Crippen molar-refractivity contribution in [3.05, 3.63) is 52.3 Å². The molecule has 3 aromatic rings. The second-order valence-electron chi connectivity index (χ2n) is 10.9. The molecule has 1 aromatic carbocycles. The number of hydrogen-bond donors (Lipinski definition) is 1. The van der Waals surface area contributed by atoms with Crippen molar-refractivity contribution in [2.75, 3.05) is 19.4 Å². The predicted molar refractivity (Wildman–Crippen MR) is 128 cm³/mol. The van der Waals surface area contributed by atoms with Crippen LogP contribution in [0.2, 0.25) is 0 Å². The highest BCUT2D eigenvalue weighted by Gasteiger charge is 2.49. The molecule has 2 unspecified atom stereocenters. The van der Waals surface area contributed by atoms with E-state index in [-0.39, 0.29) is 11.4 Å². The highest BCUT2D eigenvalue weighted by Crippen LogP contribution is 2.53. The molecular formula is C25H31N5O3. The third-order valence-electron chi connectivity index (χ3n) is 7.27. The van der Waals surface area contributed by atoms with Crippen LogP contribution >= 0.6 is 0 Å². The summed E-state index contributed by atoms with van der Waals surface area (Å²) in [5, 5.41) is 11.6. The Morgan fingerprint density at radius 2 is 2.03 bits per heavy atom. The zero-order valence-electron chi connectivity index (χ0n) is 19.7. The lowest BCUT2D eigenvalue weighted by Gasteiger charge is -2.40. The lowest BCUT2D eigenvalue weighted by atomic mass is 9.65. The maximum absolute atomic E-state index is 11.6.